The van der Waals surface area contributed by atoms with Crippen molar-refractivity contribution >= 4 is 5.78 Å². The molecular formula is C10H11FO3. The fraction of sp³-hybridized carbons (Fsp3) is 0.300. The van der Waals surface area contributed by atoms with Crippen molar-refractivity contribution in [3.05, 3.63) is 23.5 Å². The molecule has 76 valence electrons. The number of ketones is 1. The summed E-state index contributed by atoms with van der Waals surface area (Å²) in [5.74, 6) is -0.856. The number of rotatable bonds is 3. The van der Waals surface area contributed by atoms with Crippen LogP contribution in [0.3, 0.4) is 0 Å². The Morgan fingerprint density at radius 1 is 1.57 bits per heavy atom. The Labute approximate surface area is 81.1 Å². The summed E-state index contributed by atoms with van der Waals surface area (Å²) in [5, 5.41) is 9.38. The Balaban J connectivity index is 3.11. The minimum Gasteiger partial charge on any atom is -0.507 e. The van der Waals surface area contributed by atoms with Gasteiger partial charge < -0.3 is 9.84 Å². The number of hydrogen-bond donors (Lipinski definition) is 1. The Kier molecular flexibility index (Phi) is 3.06. The smallest absolute Gasteiger partial charge is 0.134 e. The van der Waals surface area contributed by atoms with Gasteiger partial charge in [-0.05, 0) is 6.92 Å². The maximum atomic E-state index is 13.3. The second kappa shape index (κ2) is 4.09. The maximum Gasteiger partial charge on any atom is 0.134 e. The minimum absolute atomic E-state index is 0.0123. The van der Waals surface area contributed by atoms with E-state index in [1.807, 2.05) is 0 Å². The number of ether oxygens (including phenoxy) is 1. The fourth-order valence-corrected chi connectivity index (χ4v) is 1.14. The summed E-state index contributed by atoms with van der Waals surface area (Å²) in [5.41, 5.74) is 0.0123. The molecule has 0 saturated heterocycles. The third-order valence-electron chi connectivity index (χ3n) is 1.81. The molecule has 0 fully saturated rings. The van der Waals surface area contributed by atoms with Gasteiger partial charge in [0.05, 0.1) is 7.11 Å². The summed E-state index contributed by atoms with van der Waals surface area (Å²) in [6.07, 6.45) is -0.109. The van der Waals surface area contributed by atoms with E-state index in [0.29, 0.717) is 0 Å². The van der Waals surface area contributed by atoms with Crippen LogP contribution < -0.4 is 4.74 Å². The summed E-state index contributed by atoms with van der Waals surface area (Å²) in [7, 11) is 1.37. The molecule has 0 spiro atoms. The van der Waals surface area contributed by atoms with Crippen LogP contribution in [0.1, 0.15) is 12.5 Å². The molecule has 3 nitrogen and oxygen atoms in total. The van der Waals surface area contributed by atoms with Gasteiger partial charge in [0.1, 0.15) is 23.1 Å². The molecule has 0 saturated carbocycles. The molecule has 0 aliphatic carbocycles. The molecule has 1 N–H and O–H groups in total. The Hall–Kier alpha value is -1.58. The number of phenolic OH excluding ortho intramolecular Hbond substituents is 1. The Bertz CT molecular complexity index is 337. The highest BCUT2D eigenvalue weighted by atomic mass is 19.1. The van der Waals surface area contributed by atoms with Gasteiger partial charge in [-0.15, -0.1) is 0 Å². The van der Waals surface area contributed by atoms with Gasteiger partial charge in [-0.1, -0.05) is 0 Å². The van der Waals surface area contributed by atoms with Gasteiger partial charge in [-0.25, -0.2) is 4.39 Å². The number of carbonyl (C=O) groups excluding carboxylic acids is 1. The zero-order valence-corrected chi connectivity index (χ0v) is 8.00. The first kappa shape index (κ1) is 10.5. The summed E-state index contributed by atoms with van der Waals surface area (Å²) < 4.78 is 18.0. The maximum absolute atomic E-state index is 13.3. The van der Waals surface area contributed by atoms with Gasteiger partial charge in [0.2, 0.25) is 0 Å². The van der Waals surface area contributed by atoms with Crippen LogP contribution in [0.15, 0.2) is 12.1 Å². The predicted molar refractivity (Wildman–Crippen MR) is 49.0 cm³/mol. The molecule has 0 heterocycles. The van der Waals surface area contributed by atoms with Crippen molar-refractivity contribution in [2.24, 2.45) is 0 Å². The van der Waals surface area contributed by atoms with Crippen molar-refractivity contribution in [2.45, 2.75) is 13.3 Å². The number of hydrogen-bond acceptors (Lipinski definition) is 3. The van der Waals surface area contributed by atoms with E-state index in [4.69, 9.17) is 4.74 Å². The van der Waals surface area contributed by atoms with E-state index in [1.165, 1.54) is 20.1 Å². The number of aromatic hydroxyl groups is 1. The van der Waals surface area contributed by atoms with Gasteiger partial charge >= 0.3 is 0 Å². The van der Waals surface area contributed by atoms with E-state index < -0.39 is 5.82 Å². The van der Waals surface area contributed by atoms with Crippen molar-refractivity contribution < 1.29 is 19.0 Å². The quantitative estimate of drug-likeness (QED) is 0.803. The van der Waals surface area contributed by atoms with Crippen LogP contribution in [-0.4, -0.2) is 18.0 Å². The van der Waals surface area contributed by atoms with Crippen LogP contribution in [0.4, 0.5) is 4.39 Å². The summed E-state index contributed by atoms with van der Waals surface area (Å²) in [6.45, 7) is 1.34. The van der Waals surface area contributed by atoms with Gasteiger partial charge in [-0.3, -0.25) is 4.79 Å². The predicted octanol–water partition coefficient (Wildman–Crippen LogP) is 1.67. The zero-order valence-electron chi connectivity index (χ0n) is 8.00. The lowest BCUT2D eigenvalue weighted by molar-refractivity contribution is -0.116. The van der Waals surface area contributed by atoms with Crippen LogP contribution in [0.2, 0.25) is 0 Å². The fourth-order valence-electron chi connectivity index (χ4n) is 1.14. The molecule has 0 unspecified atom stereocenters. The van der Waals surface area contributed by atoms with Crippen molar-refractivity contribution in [2.75, 3.05) is 7.11 Å². The van der Waals surface area contributed by atoms with E-state index in [-0.39, 0.29) is 29.3 Å². The normalized spacial score (nSPS) is 9.93. The average Bonchev–Trinajstić information content (AvgIpc) is 2.10. The molecule has 0 aliphatic rings. The average molecular weight is 198 g/mol. The first-order valence-corrected chi connectivity index (χ1v) is 4.09. The Morgan fingerprint density at radius 3 is 2.64 bits per heavy atom. The molecule has 1 aromatic rings. The van der Waals surface area contributed by atoms with Crippen LogP contribution in [0, 0.1) is 5.82 Å². The van der Waals surface area contributed by atoms with Crippen LogP contribution in [-0.2, 0) is 11.2 Å². The van der Waals surface area contributed by atoms with E-state index in [0.717, 1.165) is 6.07 Å². The molecule has 0 amide bonds. The monoisotopic (exact) mass is 198 g/mol. The first-order valence-electron chi connectivity index (χ1n) is 4.09. The molecular weight excluding hydrogens is 187 g/mol. The topological polar surface area (TPSA) is 46.5 Å². The lowest BCUT2D eigenvalue weighted by atomic mass is 10.1. The molecule has 1 rings (SSSR count). The highest BCUT2D eigenvalue weighted by Gasteiger charge is 2.12. The number of phenols is 1. The number of halogens is 1. The first-order chi connectivity index (χ1) is 6.54. The molecule has 0 atom stereocenters. The summed E-state index contributed by atoms with van der Waals surface area (Å²) in [4.78, 5) is 10.8. The van der Waals surface area contributed by atoms with Crippen molar-refractivity contribution in [1.29, 1.82) is 0 Å². The minimum atomic E-state index is -0.628. The van der Waals surface area contributed by atoms with E-state index in [9.17, 15) is 14.3 Å². The van der Waals surface area contributed by atoms with Gasteiger partial charge in [0.15, 0.2) is 0 Å². The highest BCUT2D eigenvalue weighted by molar-refractivity contribution is 5.79. The highest BCUT2D eigenvalue weighted by Crippen LogP contribution is 2.27. The van der Waals surface area contributed by atoms with Gasteiger partial charge in [-0.2, -0.15) is 0 Å². The molecule has 14 heavy (non-hydrogen) atoms. The van der Waals surface area contributed by atoms with Crippen LogP contribution in [0.5, 0.6) is 11.5 Å². The number of carbonyl (C=O) groups is 1. The molecule has 0 bridgehead atoms. The van der Waals surface area contributed by atoms with Gasteiger partial charge in [0, 0.05) is 24.1 Å². The van der Waals surface area contributed by atoms with Crippen LogP contribution >= 0.6 is 0 Å². The number of Topliss-reactive ketones (excluding diaryl/α,β-unsaturated/α-hetero) is 1. The third-order valence-corrected chi connectivity index (χ3v) is 1.81. The lowest BCUT2D eigenvalue weighted by Crippen LogP contribution is -2.00. The van der Waals surface area contributed by atoms with Crippen LogP contribution in [0.25, 0.3) is 0 Å². The van der Waals surface area contributed by atoms with E-state index >= 15 is 0 Å². The second-order valence-corrected chi connectivity index (χ2v) is 2.99. The number of benzene rings is 1. The van der Waals surface area contributed by atoms with E-state index in [1.54, 1.807) is 0 Å². The lowest BCUT2D eigenvalue weighted by Gasteiger charge is -2.06. The number of methoxy groups -OCH3 is 1. The van der Waals surface area contributed by atoms with Crippen molar-refractivity contribution in [3.63, 3.8) is 0 Å². The summed E-state index contributed by atoms with van der Waals surface area (Å²) >= 11 is 0. The molecule has 1 aromatic carbocycles. The van der Waals surface area contributed by atoms with E-state index in [2.05, 4.69) is 0 Å². The largest absolute Gasteiger partial charge is 0.507 e. The second-order valence-electron chi connectivity index (χ2n) is 2.99. The zero-order chi connectivity index (χ0) is 10.7. The molecule has 4 heteroatoms. The van der Waals surface area contributed by atoms with Gasteiger partial charge in [0.25, 0.3) is 0 Å². The summed E-state index contributed by atoms with van der Waals surface area (Å²) in [6, 6.07) is 2.42. The SMILES string of the molecule is COc1cc(O)c(CC(C)=O)c(F)c1. The third kappa shape index (κ3) is 2.22. The molecule has 0 radical (unpaired) electrons. The Morgan fingerprint density at radius 2 is 2.21 bits per heavy atom. The van der Waals surface area contributed by atoms with Crippen molar-refractivity contribution in [1.82, 2.24) is 0 Å². The molecule has 0 aliphatic heterocycles. The standard InChI is InChI=1S/C10H11FO3/c1-6(12)3-8-9(11)4-7(14-2)5-10(8)13/h4-5,13H,3H2,1-2H3. The molecule has 0 aromatic heterocycles. The van der Waals surface area contributed by atoms with Crippen molar-refractivity contribution in [3.8, 4) is 11.5 Å².